The number of carboxylic acids is 1. The lowest BCUT2D eigenvalue weighted by molar-refractivity contribution is 0.0303. The van der Waals surface area contributed by atoms with E-state index in [9.17, 15) is 24.9 Å². The number of aromatic carboxylic acids is 1. The maximum atomic E-state index is 13.7. The van der Waals surface area contributed by atoms with E-state index in [1.54, 1.807) is 12.1 Å². The third kappa shape index (κ3) is 4.60. The van der Waals surface area contributed by atoms with Gasteiger partial charge < -0.3 is 40.0 Å². The highest BCUT2D eigenvalue weighted by molar-refractivity contribution is 6.33. The summed E-state index contributed by atoms with van der Waals surface area (Å²) in [6.45, 7) is 3.85. The molecule has 2 aliphatic rings. The van der Waals surface area contributed by atoms with E-state index in [4.69, 9.17) is 20.8 Å². The summed E-state index contributed by atoms with van der Waals surface area (Å²) in [7, 11) is 1.45. The second-order valence-corrected chi connectivity index (χ2v) is 9.83. The third-order valence-corrected chi connectivity index (χ3v) is 7.40. The van der Waals surface area contributed by atoms with Crippen LogP contribution in [-0.2, 0) is 6.54 Å². The summed E-state index contributed by atoms with van der Waals surface area (Å²) in [4.78, 5) is 27.0. The number of aliphatic hydroxyl groups is 2. The second kappa shape index (κ2) is 10.3. The summed E-state index contributed by atoms with van der Waals surface area (Å²) in [6, 6.07) is 11.1. The molecule has 0 saturated carbocycles. The third-order valence-electron chi connectivity index (χ3n) is 7.05. The van der Waals surface area contributed by atoms with Crippen LogP contribution in [0.15, 0.2) is 58.3 Å². The topological polar surface area (TPSA) is 144 Å². The first kappa shape index (κ1) is 26.6. The minimum Gasteiger partial charge on any atom is -0.497 e. The zero-order chi connectivity index (χ0) is 28.0. The van der Waals surface area contributed by atoms with Crippen LogP contribution in [0.1, 0.15) is 57.2 Å². The molecule has 0 radical (unpaired) electrons. The first-order chi connectivity index (χ1) is 18.6. The van der Waals surface area contributed by atoms with Gasteiger partial charge in [0.2, 0.25) is 0 Å². The SMILES string of the molecule is CC[C@@H](NC1=C(Nc2ccc(Cl)c3c2C(=O)N(c2cc(OC)ccc2C(=O)O)C3)[C@@H](O)[C@@H]1O)c1ccc(C)o1. The Morgan fingerprint density at radius 1 is 1.18 bits per heavy atom. The Morgan fingerprint density at radius 2 is 1.92 bits per heavy atom. The molecule has 0 spiro atoms. The number of nitrogens with one attached hydrogen (secondary N) is 2. The smallest absolute Gasteiger partial charge is 0.337 e. The van der Waals surface area contributed by atoms with Crippen molar-refractivity contribution < 1.29 is 34.1 Å². The summed E-state index contributed by atoms with van der Waals surface area (Å²) in [5.41, 5.74) is 1.92. The molecule has 0 fully saturated rings. The molecule has 2 heterocycles. The number of furan rings is 1. The van der Waals surface area contributed by atoms with Gasteiger partial charge in [-0.25, -0.2) is 4.79 Å². The number of rotatable bonds is 9. The van der Waals surface area contributed by atoms with E-state index >= 15 is 0 Å². The number of aryl methyl sites for hydroxylation is 1. The molecule has 1 aliphatic heterocycles. The number of nitrogens with zero attached hydrogens (tertiary/aromatic N) is 1. The number of methoxy groups -OCH3 is 1. The van der Waals surface area contributed by atoms with Gasteiger partial charge in [-0.2, -0.15) is 0 Å². The Balaban J connectivity index is 1.50. The number of halogens is 1. The number of hydrogen-bond acceptors (Lipinski definition) is 8. The van der Waals surface area contributed by atoms with Crippen LogP contribution < -0.4 is 20.3 Å². The van der Waals surface area contributed by atoms with Gasteiger partial charge in [0.1, 0.15) is 29.5 Å². The normalized spacial score (nSPS) is 19.0. The number of aliphatic hydroxyl groups excluding tert-OH is 2. The van der Waals surface area contributed by atoms with Gasteiger partial charge in [0.15, 0.2) is 0 Å². The average molecular weight is 554 g/mol. The van der Waals surface area contributed by atoms with Gasteiger partial charge >= 0.3 is 5.97 Å². The van der Waals surface area contributed by atoms with Crippen molar-refractivity contribution in [2.45, 2.75) is 45.1 Å². The van der Waals surface area contributed by atoms with Gasteiger partial charge in [0.05, 0.1) is 53.6 Å². The standard InChI is InChI=1S/C28H28ClN3O7/c1-4-18(21-10-5-13(2)39-21)30-23-24(26(34)25(23)33)31-19-9-8-17(29)16-12-32(27(35)22(16)19)20-11-14(38-3)6-7-15(20)28(36)37/h5-11,18,25-26,30-31,33-34H,4,12H2,1-3H3,(H,36,37)/t18-,25-,26-/m1/s1. The number of hydrogen-bond donors (Lipinski definition) is 5. The maximum Gasteiger partial charge on any atom is 0.337 e. The van der Waals surface area contributed by atoms with E-state index in [0.717, 1.165) is 5.76 Å². The zero-order valence-corrected chi connectivity index (χ0v) is 22.2. The fourth-order valence-corrected chi connectivity index (χ4v) is 5.14. The van der Waals surface area contributed by atoms with E-state index < -0.39 is 24.1 Å². The molecule has 1 amide bonds. The number of benzene rings is 2. The Morgan fingerprint density at radius 3 is 2.56 bits per heavy atom. The van der Waals surface area contributed by atoms with Crippen LogP contribution in [0.2, 0.25) is 5.02 Å². The molecular weight excluding hydrogens is 526 g/mol. The fourth-order valence-electron chi connectivity index (χ4n) is 4.92. The van der Waals surface area contributed by atoms with Crippen molar-refractivity contribution in [2.24, 2.45) is 0 Å². The molecule has 5 N–H and O–H groups in total. The molecule has 1 aromatic heterocycles. The molecule has 5 rings (SSSR count). The minimum absolute atomic E-state index is 0.0427. The largest absolute Gasteiger partial charge is 0.497 e. The summed E-state index contributed by atoms with van der Waals surface area (Å²) in [5, 5.41) is 37.6. The highest BCUT2D eigenvalue weighted by atomic mass is 35.5. The van der Waals surface area contributed by atoms with Crippen LogP contribution in [0.4, 0.5) is 11.4 Å². The highest BCUT2D eigenvalue weighted by Gasteiger charge is 2.41. The second-order valence-electron chi connectivity index (χ2n) is 9.42. The van der Waals surface area contributed by atoms with Crippen LogP contribution in [-0.4, -0.2) is 46.5 Å². The number of carbonyl (C=O) groups is 2. The van der Waals surface area contributed by atoms with Crippen molar-refractivity contribution in [2.75, 3.05) is 17.3 Å². The highest BCUT2D eigenvalue weighted by Crippen LogP contribution is 2.41. The van der Waals surface area contributed by atoms with E-state index in [2.05, 4.69) is 10.6 Å². The number of carboxylic acid groups (broad SMARTS) is 1. The number of fused-ring (bicyclic) bond motifs is 1. The van der Waals surface area contributed by atoms with E-state index in [1.807, 2.05) is 26.0 Å². The lowest BCUT2D eigenvalue weighted by atomic mass is 9.91. The van der Waals surface area contributed by atoms with Gasteiger partial charge in [-0.1, -0.05) is 18.5 Å². The molecule has 3 atom stereocenters. The van der Waals surface area contributed by atoms with Crippen LogP contribution in [0, 0.1) is 6.92 Å². The lowest BCUT2D eigenvalue weighted by Crippen LogP contribution is -2.49. The molecule has 10 nitrogen and oxygen atoms in total. The Labute approximate surface area is 229 Å². The van der Waals surface area contributed by atoms with Crippen molar-refractivity contribution in [3.63, 3.8) is 0 Å². The summed E-state index contributed by atoms with van der Waals surface area (Å²) >= 11 is 6.47. The number of ether oxygens (including phenoxy) is 1. The average Bonchev–Trinajstić information content (AvgIpc) is 3.52. The molecule has 11 heteroatoms. The van der Waals surface area contributed by atoms with Crippen LogP contribution in [0.3, 0.4) is 0 Å². The van der Waals surface area contributed by atoms with Gasteiger partial charge in [-0.15, -0.1) is 0 Å². The van der Waals surface area contributed by atoms with Crippen molar-refractivity contribution in [3.05, 3.63) is 87.1 Å². The van der Waals surface area contributed by atoms with Crippen molar-refractivity contribution >= 4 is 34.9 Å². The Hall–Kier alpha value is -3.99. The molecule has 1 aliphatic carbocycles. The summed E-state index contributed by atoms with van der Waals surface area (Å²) in [6.07, 6.45) is -1.71. The van der Waals surface area contributed by atoms with Crippen molar-refractivity contribution in [1.82, 2.24) is 5.32 Å². The Kier molecular flexibility index (Phi) is 7.02. The number of amides is 1. The van der Waals surface area contributed by atoms with Gasteiger partial charge in [-0.3, -0.25) is 4.79 Å². The van der Waals surface area contributed by atoms with E-state index in [1.165, 1.54) is 30.2 Å². The quantitative estimate of drug-likeness (QED) is 0.263. The Bertz CT molecular complexity index is 1500. The van der Waals surface area contributed by atoms with Gasteiger partial charge in [-0.05, 0) is 49.7 Å². The summed E-state index contributed by atoms with van der Waals surface area (Å²) < 4.78 is 11.0. The maximum absolute atomic E-state index is 13.7. The molecule has 0 bridgehead atoms. The van der Waals surface area contributed by atoms with Crippen LogP contribution >= 0.6 is 11.6 Å². The molecule has 204 valence electrons. The molecule has 39 heavy (non-hydrogen) atoms. The number of carbonyl (C=O) groups excluding carboxylic acids is 1. The van der Waals surface area contributed by atoms with Gasteiger partial charge in [0.25, 0.3) is 5.91 Å². The first-order valence-electron chi connectivity index (χ1n) is 12.4. The minimum atomic E-state index is -1.21. The van der Waals surface area contributed by atoms with Crippen molar-refractivity contribution in [1.29, 1.82) is 0 Å². The molecule has 0 saturated heterocycles. The van der Waals surface area contributed by atoms with Gasteiger partial charge in [0, 0.05) is 16.7 Å². The fraction of sp³-hybridized carbons (Fsp3) is 0.286. The van der Waals surface area contributed by atoms with Crippen molar-refractivity contribution in [3.8, 4) is 5.75 Å². The van der Waals surface area contributed by atoms with Crippen LogP contribution in [0.25, 0.3) is 0 Å². The molecule has 2 aromatic carbocycles. The number of anilines is 2. The lowest BCUT2D eigenvalue weighted by Gasteiger charge is -2.38. The van der Waals surface area contributed by atoms with E-state index in [0.29, 0.717) is 45.6 Å². The molecule has 0 unspecified atom stereocenters. The first-order valence-corrected chi connectivity index (χ1v) is 12.8. The molecule has 3 aromatic rings. The van der Waals surface area contributed by atoms with Crippen LogP contribution in [0.5, 0.6) is 5.75 Å². The molecular formula is C28H28ClN3O7. The van der Waals surface area contributed by atoms with E-state index in [-0.39, 0.29) is 29.4 Å². The summed E-state index contributed by atoms with van der Waals surface area (Å²) in [5.74, 6) is 0.195. The predicted octanol–water partition coefficient (Wildman–Crippen LogP) is 4.21. The zero-order valence-electron chi connectivity index (χ0n) is 21.5. The predicted molar refractivity (Wildman–Crippen MR) is 144 cm³/mol. The monoisotopic (exact) mass is 553 g/mol.